The van der Waals surface area contributed by atoms with Gasteiger partial charge in [0, 0.05) is 10.9 Å². The van der Waals surface area contributed by atoms with Crippen LogP contribution in [-0.4, -0.2) is 15.7 Å². The molecule has 4 aromatic rings. The van der Waals surface area contributed by atoms with E-state index in [2.05, 4.69) is 73.7 Å². The Balaban J connectivity index is 1.25. The largest absolute Gasteiger partial charge is 0.228 e. The first-order chi connectivity index (χ1) is 17.9. The van der Waals surface area contributed by atoms with Crippen LogP contribution in [0.25, 0.3) is 33.1 Å². The average Bonchev–Trinajstić information content (AvgIpc) is 2.92. The first kappa shape index (κ1) is 26.7. The van der Waals surface area contributed by atoms with Gasteiger partial charge >= 0.3 is 0 Å². The molecule has 1 heterocycles. The maximum atomic E-state index is 5.07. The lowest BCUT2D eigenvalue weighted by Crippen LogP contribution is -1.95. The average molecular weight is 499 g/mol. The molecule has 0 saturated heterocycles. The second-order valence-electron chi connectivity index (χ2n) is 9.99. The zero-order chi connectivity index (χ0) is 24.8. The van der Waals surface area contributed by atoms with E-state index in [0.29, 0.717) is 0 Å². The summed E-state index contributed by atoms with van der Waals surface area (Å²) in [4.78, 5) is 10.0. The Morgan fingerprint density at radius 2 is 1.14 bits per heavy atom. The van der Waals surface area contributed by atoms with Gasteiger partial charge in [-0.2, -0.15) is 0 Å². The molecular formula is C33H42N2S. The standard InChI is InChI=1S/C33H42N2S/c1-2-3-4-5-6-7-8-9-10-11-12-13-18-26-36-33-30-23-16-17-25-31(30)34-32(35-33)29-24-19-21-27-20-14-15-22-28(27)29/h14-17,19-25H,2-13,18,26H2,1H3. The third-order valence-electron chi connectivity index (χ3n) is 7.09. The number of benzene rings is 3. The van der Waals surface area contributed by atoms with Crippen molar-refractivity contribution in [2.45, 2.75) is 95.4 Å². The van der Waals surface area contributed by atoms with Crippen molar-refractivity contribution in [3.8, 4) is 11.4 Å². The second-order valence-corrected chi connectivity index (χ2v) is 11.1. The van der Waals surface area contributed by atoms with Crippen LogP contribution < -0.4 is 0 Å². The van der Waals surface area contributed by atoms with Gasteiger partial charge in [0.2, 0.25) is 0 Å². The number of unbranched alkanes of at least 4 members (excludes halogenated alkanes) is 12. The van der Waals surface area contributed by atoms with Crippen LogP contribution in [0.4, 0.5) is 0 Å². The fraction of sp³-hybridized carbons (Fsp3) is 0.455. The van der Waals surface area contributed by atoms with E-state index in [1.165, 1.54) is 99.6 Å². The predicted molar refractivity (Wildman–Crippen MR) is 159 cm³/mol. The highest BCUT2D eigenvalue weighted by Crippen LogP contribution is 2.32. The summed E-state index contributed by atoms with van der Waals surface area (Å²) in [6.07, 6.45) is 18.1. The van der Waals surface area contributed by atoms with Gasteiger partial charge in [0.1, 0.15) is 5.03 Å². The van der Waals surface area contributed by atoms with Crippen molar-refractivity contribution in [3.05, 3.63) is 66.7 Å². The molecule has 0 amide bonds. The minimum Gasteiger partial charge on any atom is -0.228 e. The summed E-state index contributed by atoms with van der Waals surface area (Å²) < 4.78 is 0. The maximum Gasteiger partial charge on any atom is 0.161 e. The van der Waals surface area contributed by atoms with Crippen LogP contribution in [0.2, 0.25) is 0 Å². The summed E-state index contributed by atoms with van der Waals surface area (Å²) in [5.74, 6) is 1.95. The molecular weight excluding hydrogens is 456 g/mol. The lowest BCUT2D eigenvalue weighted by Gasteiger charge is -2.10. The summed E-state index contributed by atoms with van der Waals surface area (Å²) in [7, 11) is 0. The molecule has 0 atom stereocenters. The van der Waals surface area contributed by atoms with Crippen molar-refractivity contribution in [1.29, 1.82) is 0 Å². The second kappa shape index (κ2) is 15.0. The molecule has 3 heteroatoms. The zero-order valence-corrected chi connectivity index (χ0v) is 22.9. The summed E-state index contributed by atoms with van der Waals surface area (Å²) >= 11 is 1.90. The van der Waals surface area contributed by atoms with E-state index in [0.717, 1.165) is 27.7 Å². The number of rotatable bonds is 16. The summed E-state index contributed by atoms with van der Waals surface area (Å²) in [6, 6.07) is 23.4. The predicted octanol–water partition coefficient (Wildman–Crippen LogP) is 10.6. The Bertz CT molecular complexity index is 1200. The number of nitrogens with zero attached hydrogens (tertiary/aromatic N) is 2. The van der Waals surface area contributed by atoms with Gasteiger partial charge in [0.05, 0.1) is 5.52 Å². The summed E-state index contributed by atoms with van der Waals surface area (Å²) in [5.41, 5.74) is 2.14. The molecule has 0 fully saturated rings. The Kier molecular flexibility index (Phi) is 11.1. The van der Waals surface area contributed by atoms with Crippen LogP contribution in [0, 0.1) is 0 Å². The van der Waals surface area contributed by atoms with Crippen molar-refractivity contribution in [1.82, 2.24) is 9.97 Å². The molecule has 0 aliphatic rings. The Hall–Kier alpha value is -2.39. The van der Waals surface area contributed by atoms with Crippen LogP contribution in [-0.2, 0) is 0 Å². The lowest BCUT2D eigenvalue weighted by atomic mass is 10.0. The first-order valence-corrected chi connectivity index (χ1v) is 15.2. The minimum absolute atomic E-state index is 0.832. The third kappa shape index (κ3) is 7.80. The van der Waals surface area contributed by atoms with Crippen LogP contribution >= 0.6 is 11.8 Å². The SMILES string of the molecule is CCCCCCCCCCCCCCCSc1nc(-c2cccc3ccccc23)nc2ccccc12. The van der Waals surface area contributed by atoms with Gasteiger partial charge in [-0.25, -0.2) is 9.97 Å². The number of aromatic nitrogens is 2. The molecule has 0 unspecified atom stereocenters. The number of hydrogen-bond donors (Lipinski definition) is 0. The molecule has 36 heavy (non-hydrogen) atoms. The van der Waals surface area contributed by atoms with Crippen molar-refractivity contribution >= 4 is 33.4 Å². The van der Waals surface area contributed by atoms with Gasteiger partial charge in [-0.15, -0.1) is 11.8 Å². The summed E-state index contributed by atoms with van der Waals surface area (Å²) in [5, 5.41) is 4.72. The highest BCUT2D eigenvalue weighted by Gasteiger charge is 2.12. The van der Waals surface area contributed by atoms with E-state index in [-0.39, 0.29) is 0 Å². The van der Waals surface area contributed by atoms with Crippen molar-refractivity contribution in [3.63, 3.8) is 0 Å². The fourth-order valence-electron chi connectivity index (χ4n) is 4.99. The van der Waals surface area contributed by atoms with Crippen molar-refractivity contribution in [2.75, 3.05) is 5.75 Å². The normalized spacial score (nSPS) is 11.5. The Morgan fingerprint density at radius 3 is 1.86 bits per heavy atom. The molecule has 0 spiro atoms. The fourth-order valence-corrected chi connectivity index (χ4v) is 6.01. The van der Waals surface area contributed by atoms with Crippen LogP contribution in [0.15, 0.2) is 71.8 Å². The topological polar surface area (TPSA) is 25.8 Å². The number of thioether (sulfide) groups is 1. The maximum absolute atomic E-state index is 5.07. The molecule has 2 nitrogen and oxygen atoms in total. The highest BCUT2D eigenvalue weighted by molar-refractivity contribution is 7.99. The smallest absolute Gasteiger partial charge is 0.161 e. The number of fused-ring (bicyclic) bond motifs is 2. The zero-order valence-electron chi connectivity index (χ0n) is 22.1. The van der Waals surface area contributed by atoms with Crippen LogP contribution in [0.3, 0.4) is 0 Å². The van der Waals surface area contributed by atoms with Gasteiger partial charge in [0.25, 0.3) is 0 Å². The lowest BCUT2D eigenvalue weighted by molar-refractivity contribution is 0.543. The number of para-hydroxylation sites is 1. The van der Waals surface area contributed by atoms with Crippen LogP contribution in [0.1, 0.15) is 90.4 Å². The van der Waals surface area contributed by atoms with Gasteiger partial charge in [-0.3, -0.25) is 0 Å². The highest BCUT2D eigenvalue weighted by atomic mass is 32.2. The molecule has 0 aliphatic carbocycles. The van der Waals surface area contributed by atoms with E-state index in [1.54, 1.807) is 0 Å². The van der Waals surface area contributed by atoms with E-state index in [1.807, 2.05) is 11.8 Å². The quantitative estimate of drug-likeness (QED) is 0.0872. The van der Waals surface area contributed by atoms with Crippen molar-refractivity contribution < 1.29 is 0 Å². The molecule has 4 rings (SSSR count). The molecule has 0 saturated carbocycles. The number of hydrogen-bond acceptors (Lipinski definition) is 3. The summed E-state index contributed by atoms with van der Waals surface area (Å²) in [6.45, 7) is 2.29. The van der Waals surface area contributed by atoms with E-state index in [4.69, 9.17) is 9.97 Å². The van der Waals surface area contributed by atoms with Gasteiger partial charge < -0.3 is 0 Å². The van der Waals surface area contributed by atoms with Gasteiger partial charge in [-0.1, -0.05) is 145 Å². The van der Waals surface area contributed by atoms with Gasteiger partial charge in [-0.05, 0) is 29.0 Å². The first-order valence-electron chi connectivity index (χ1n) is 14.2. The van der Waals surface area contributed by atoms with Crippen LogP contribution in [0.5, 0.6) is 0 Å². The molecule has 3 aromatic carbocycles. The Morgan fingerprint density at radius 1 is 0.556 bits per heavy atom. The van der Waals surface area contributed by atoms with E-state index >= 15 is 0 Å². The van der Waals surface area contributed by atoms with Crippen molar-refractivity contribution in [2.24, 2.45) is 0 Å². The minimum atomic E-state index is 0.832. The van der Waals surface area contributed by atoms with E-state index < -0.39 is 0 Å². The third-order valence-corrected chi connectivity index (χ3v) is 8.16. The monoisotopic (exact) mass is 498 g/mol. The van der Waals surface area contributed by atoms with Gasteiger partial charge in [0.15, 0.2) is 5.82 Å². The molecule has 0 bridgehead atoms. The molecule has 190 valence electrons. The Labute approximate surface area is 222 Å². The van der Waals surface area contributed by atoms with E-state index in [9.17, 15) is 0 Å². The molecule has 0 N–H and O–H groups in total. The molecule has 0 radical (unpaired) electrons. The molecule has 0 aliphatic heterocycles. The molecule has 1 aromatic heterocycles.